The smallest absolute Gasteiger partial charge is 0.270 e. The molecule has 30 heavy (non-hydrogen) atoms. The highest BCUT2D eigenvalue weighted by molar-refractivity contribution is 5.98. The van der Waals surface area contributed by atoms with Gasteiger partial charge in [-0.2, -0.15) is 5.26 Å². The number of rotatable bonds is 6. The molecule has 1 aliphatic rings. The minimum Gasteiger partial charge on any atom is -0.351 e. The molecule has 2 unspecified atom stereocenters. The van der Waals surface area contributed by atoms with E-state index in [-0.39, 0.29) is 11.9 Å². The van der Waals surface area contributed by atoms with Crippen LogP contribution in [0.3, 0.4) is 0 Å². The van der Waals surface area contributed by atoms with Gasteiger partial charge in [0, 0.05) is 36.1 Å². The van der Waals surface area contributed by atoms with Crippen molar-refractivity contribution < 1.29 is 4.79 Å². The molecule has 154 valence electrons. The van der Waals surface area contributed by atoms with Gasteiger partial charge in [-0.3, -0.25) is 4.79 Å². The Bertz CT molecular complexity index is 1050. The average Bonchev–Trinajstić information content (AvgIpc) is 3.22. The zero-order valence-corrected chi connectivity index (χ0v) is 17.4. The Hall–Kier alpha value is -3.10. The number of benzene rings is 2. The van der Waals surface area contributed by atoms with Crippen LogP contribution in [0.4, 0.5) is 0 Å². The van der Waals surface area contributed by atoms with E-state index in [1.54, 1.807) is 6.07 Å². The summed E-state index contributed by atoms with van der Waals surface area (Å²) in [5.41, 5.74) is 3.38. The molecule has 5 heteroatoms. The number of hydrogen-bond donors (Lipinski definition) is 2. The van der Waals surface area contributed by atoms with Crippen LogP contribution >= 0.6 is 0 Å². The van der Waals surface area contributed by atoms with E-state index in [1.165, 1.54) is 5.56 Å². The van der Waals surface area contributed by atoms with Crippen LogP contribution in [-0.4, -0.2) is 34.4 Å². The van der Waals surface area contributed by atoms with Crippen molar-refractivity contribution in [1.82, 2.24) is 15.2 Å². The molecule has 0 bridgehead atoms. The van der Waals surface area contributed by atoms with Crippen molar-refractivity contribution in [2.24, 2.45) is 0 Å². The highest BCUT2D eigenvalue weighted by Gasteiger charge is 2.29. The zero-order chi connectivity index (χ0) is 20.9. The Morgan fingerprint density at radius 1 is 1.20 bits per heavy atom. The van der Waals surface area contributed by atoms with E-state index in [2.05, 4.69) is 47.6 Å². The minimum atomic E-state index is 0.0425. The Balaban J connectivity index is 1.44. The predicted octanol–water partition coefficient (Wildman–Crippen LogP) is 4.60. The number of hydrogen-bond acceptors (Lipinski definition) is 3. The summed E-state index contributed by atoms with van der Waals surface area (Å²) in [6.07, 6.45) is 4.30. The van der Waals surface area contributed by atoms with Crippen molar-refractivity contribution in [1.29, 1.82) is 5.26 Å². The number of nitrogens with one attached hydrogen (secondary N) is 2. The van der Waals surface area contributed by atoms with Crippen molar-refractivity contribution in [2.45, 2.75) is 51.2 Å². The lowest BCUT2D eigenvalue weighted by Crippen LogP contribution is -2.46. The molecule has 1 saturated carbocycles. The van der Waals surface area contributed by atoms with Gasteiger partial charge in [0.15, 0.2) is 0 Å². The number of aromatic amines is 1. The maximum atomic E-state index is 13.3. The third-order valence-corrected chi connectivity index (χ3v) is 6.11. The molecule has 0 spiro atoms. The highest BCUT2D eigenvalue weighted by Crippen LogP contribution is 2.26. The van der Waals surface area contributed by atoms with Crippen molar-refractivity contribution in [3.05, 3.63) is 71.4 Å². The quantitative estimate of drug-likeness (QED) is 0.635. The maximum Gasteiger partial charge on any atom is 0.270 e. The van der Waals surface area contributed by atoms with E-state index in [0.717, 1.165) is 43.1 Å². The van der Waals surface area contributed by atoms with Crippen LogP contribution in [0.2, 0.25) is 0 Å². The van der Waals surface area contributed by atoms with Crippen molar-refractivity contribution in [3.8, 4) is 6.07 Å². The van der Waals surface area contributed by atoms with E-state index in [9.17, 15) is 4.79 Å². The second-order valence-electron chi connectivity index (χ2n) is 8.07. The van der Waals surface area contributed by atoms with Gasteiger partial charge in [-0.05, 0) is 62.4 Å². The number of fused-ring (bicyclic) bond motifs is 1. The van der Waals surface area contributed by atoms with E-state index in [4.69, 9.17) is 5.26 Å². The molecular weight excluding hydrogens is 372 g/mol. The fraction of sp³-hybridized carbons (Fsp3) is 0.360. The largest absolute Gasteiger partial charge is 0.351 e. The lowest BCUT2D eigenvalue weighted by molar-refractivity contribution is 0.0623. The molecule has 2 atom stereocenters. The molecule has 1 aromatic heterocycles. The molecule has 1 amide bonds. The van der Waals surface area contributed by atoms with Crippen molar-refractivity contribution in [2.75, 3.05) is 6.54 Å². The number of carbonyl (C=O) groups is 1. The standard InChI is InChI=1S/C25H28N4O/c1-2-29(25(30)24-14-20-13-19(16-26)11-12-23(20)28-24)22-10-6-9-21(15-22)27-17-18-7-4-3-5-8-18/h3-5,7-8,11-14,21-22,27-28H,2,6,9-10,15,17H2,1H3. The molecule has 0 aliphatic heterocycles. The van der Waals surface area contributed by atoms with Gasteiger partial charge < -0.3 is 15.2 Å². The number of nitrogens with zero attached hydrogens (tertiary/aromatic N) is 2. The van der Waals surface area contributed by atoms with Crippen LogP contribution in [0, 0.1) is 11.3 Å². The SMILES string of the molecule is CCN(C(=O)c1cc2cc(C#N)ccc2[nH]1)C1CCCC(NCc2ccccc2)C1. The van der Waals surface area contributed by atoms with Gasteiger partial charge in [-0.25, -0.2) is 0 Å². The molecule has 3 aromatic rings. The van der Waals surface area contributed by atoms with Gasteiger partial charge in [0.25, 0.3) is 5.91 Å². The average molecular weight is 401 g/mol. The number of amides is 1. The monoisotopic (exact) mass is 400 g/mol. The van der Waals surface area contributed by atoms with E-state index >= 15 is 0 Å². The summed E-state index contributed by atoms with van der Waals surface area (Å²) in [6, 6.07) is 20.6. The Morgan fingerprint density at radius 3 is 2.80 bits per heavy atom. The van der Waals surface area contributed by atoms with Gasteiger partial charge in [-0.1, -0.05) is 30.3 Å². The molecule has 1 fully saturated rings. The lowest BCUT2D eigenvalue weighted by Gasteiger charge is -2.37. The first-order valence-electron chi connectivity index (χ1n) is 10.8. The van der Waals surface area contributed by atoms with Crippen LogP contribution in [-0.2, 0) is 6.54 Å². The zero-order valence-electron chi connectivity index (χ0n) is 17.4. The molecule has 5 nitrogen and oxygen atoms in total. The molecule has 4 rings (SSSR count). The van der Waals surface area contributed by atoms with Gasteiger partial charge in [0.05, 0.1) is 11.6 Å². The second kappa shape index (κ2) is 9.15. The van der Waals surface area contributed by atoms with Crippen LogP contribution in [0.5, 0.6) is 0 Å². The lowest BCUT2D eigenvalue weighted by atomic mass is 9.89. The summed E-state index contributed by atoms with van der Waals surface area (Å²) in [5, 5.41) is 13.7. The van der Waals surface area contributed by atoms with E-state index in [0.29, 0.717) is 23.8 Å². The van der Waals surface area contributed by atoms with Gasteiger partial charge >= 0.3 is 0 Å². The summed E-state index contributed by atoms with van der Waals surface area (Å²) < 4.78 is 0. The van der Waals surface area contributed by atoms with Crippen LogP contribution in [0.15, 0.2) is 54.6 Å². The number of H-pyrrole nitrogens is 1. The summed E-state index contributed by atoms with van der Waals surface area (Å²) in [6.45, 7) is 3.60. The minimum absolute atomic E-state index is 0.0425. The first-order chi connectivity index (χ1) is 14.7. The molecule has 0 saturated heterocycles. The molecular formula is C25H28N4O. The predicted molar refractivity (Wildman–Crippen MR) is 119 cm³/mol. The molecule has 0 radical (unpaired) electrons. The van der Waals surface area contributed by atoms with Gasteiger partial charge in [-0.15, -0.1) is 0 Å². The van der Waals surface area contributed by atoms with Crippen molar-refractivity contribution >= 4 is 16.8 Å². The molecule has 1 aliphatic carbocycles. The summed E-state index contributed by atoms with van der Waals surface area (Å²) in [4.78, 5) is 18.5. The second-order valence-corrected chi connectivity index (χ2v) is 8.07. The first-order valence-corrected chi connectivity index (χ1v) is 10.8. The van der Waals surface area contributed by atoms with E-state index in [1.807, 2.05) is 29.2 Å². The van der Waals surface area contributed by atoms with Gasteiger partial charge in [0.1, 0.15) is 5.69 Å². The third-order valence-electron chi connectivity index (χ3n) is 6.11. The number of aromatic nitrogens is 1. The molecule has 1 heterocycles. The Labute approximate surface area is 177 Å². The Morgan fingerprint density at radius 2 is 2.03 bits per heavy atom. The topological polar surface area (TPSA) is 71.9 Å². The van der Waals surface area contributed by atoms with Gasteiger partial charge in [0.2, 0.25) is 0 Å². The number of carbonyl (C=O) groups excluding carboxylic acids is 1. The normalized spacial score (nSPS) is 18.8. The third kappa shape index (κ3) is 4.39. The maximum absolute atomic E-state index is 13.3. The van der Waals surface area contributed by atoms with Crippen LogP contribution in [0.1, 0.15) is 54.2 Å². The highest BCUT2D eigenvalue weighted by atomic mass is 16.2. The van der Waals surface area contributed by atoms with E-state index < -0.39 is 0 Å². The molecule has 2 aromatic carbocycles. The Kier molecular flexibility index (Phi) is 6.15. The summed E-state index contributed by atoms with van der Waals surface area (Å²) in [7, 11) is 0. The molecule has 2 N–H and O–H groups in total. The number of nitriles is 1. The van der Waals surface area contributed by atoms with Crippen LogP contribution in [0.25, 0.3) is 10.9 Å². The first kappa shape index (κ1) is 20.2. The summed E-state index contributed by atoms with van der Waals surface area (Å²) >= 11 is 0. The summed E-state index contributed by atoms with van der Waals surface area (Å²) in [5.74, 6) is 0.0425. The fourth-order valence-electron chi connectivity index (χ4n) is 4.53. The van der Waals surface area contributed by atoms with Crippen LogP contribution < -0.4 is 5.32 Å². The van der Waals surface area contributed by atoms with Crippen molar-refractivity contribution in [3.63, 3.8) is 0 Å². The fourth-order valence-corrected chi connectivity index (χ4v) is 4.53.